The average molecular weight is 560 g/mol. The maximum Gasteiger partial charge on any atom is 0.343 e. The molecule has 0 saturated carbocycles. The zero-order chi connectivity index (χ0) is 28.3. The van der Waals surface area contributed by atoms with Gasteiger partial charge >= 0.3 is 11.7 Å². The van der Waals surface area contributed by atoms with Crippen molar-refractivity contribution in [3.05, 3.63) is 86.1 Å². The Kier molecular flexibility index (Phi) is 8.55. The Balaban J connectivity index is 1.95. The van der Waals surface area contributed by atoms with Gasteiger partial charge in [0, 0.05) is 22.7 Å². The first-order chi connectivity index (χ1) is 18.7. The summed E-state index contributed by atoms with van der Waals surface area (Å²) in [4.78, 5) is 44.3. The molecule has 0 aliphatic carbocycles. The first-order valence-electron chi connectivity index (χ1n) is 11.9. The van der Waals surface area contributed by atoms with Crippen LogP contribution in [0.4, 0.5) is 19.3 Å². The number of hydrogen-bond donors (Lipinski definition) is 4. The lowest BCUT2D eigenvalue weighted by atomic mass is 10.1. The van der Waals surface area contributed by atoms with Crippen molar-refractivity contribution < 1.29 is 23.5 Å². The molecule has 0 aliphatic rings. The highest BCUT2D eigenvalue weighted by atomic mass is 32.1. The van der Waals surface area contributed by atoms with Crippen molar-refractivity contribution in [2.24, 2.45) is 0 Å². The number of hydroxylamine groups is 1. The number of urea groups is 1. The highest BCUT2D eigenvalue weighted by molar-refractivity contribution is 7.22. The average Bonchev–Trinajstić information content (AvgIpc) is 3.26. The van der Waals surface area contributed by atoms with E-state index >= 15 is 0 Å². The molecule has 0 saturated heterocycles. The predicted molar refractivity (Wildman–Crippen MR) is 145 cm³/mol. The maximum atomic E-state index is 14.6. The smallest absolute Gasteiger partial charge is 0.343 e. The van der Waals surface area contributed by atoms with E-state index in [1.165, 1.54) is 24.7 Å². The number of fused-ring (bicyclic) bond motifs is 1. The van der Waals surface area contributed by atoms with Gasteiger partial charge in [-0.25, -0.2) is 23.9 Å². The van der Waals surface area contributed by atoms with Crippen LogP contribution in [-0.4, -0.2) is 40.5 Å². The minimum absolute atomic E-state index is 0.211. The van der Waals surface area contributed by atoms with Crippen LogP contribution in [0.3, 0.4) is 0 Å². The van der Waals surface area contributed by atoms with Crippen molar-refractivity contribution >= 4 is 33.3 Å². The van der Waals surface area contributed by atoms with E-state index in [0.717, 1.165) is 28.0 Å². The Morgan fingerprint density at radius 1 is 1.08 bits per heavy atom. The zero-order valence-corrected chi connectivity index (χ0v) is 22.2. The van der Waals surface area contributed by atoms with Gasteiger partial charge in [-0.1, -0.05) is 18.2 Å². The standard InChI is InChI=1S/C26H27F2N5O5S/c1-14(34)12-32-23(35)21-17(11-29-2)22(15-7-9-16(10-8-15)30-25(36)31-38-3)39-24(21)33(26(32)37)13-18-19(27)5-4-6-20(18)28/h4-10,14,29,34H,11-13H2,1-3H3,(H2,30,31,36). The molecule has 0 aliphatic heterocycles. The number of amides is 2. The third kappa shape index (κ3) is 5.76. The molecule has 1 unspecified atom stereocenters. The number of rotatable bonds is 9. The second kappa shape index (κ2) is 11.9. The van der Waals surface area contributed by atoms with E-state index in [4.69, 9.17) is 0 Å². The Morgan fingerprint density at radius 2 is 1.74 bits per heavy atom. The van der Waals surface area contributed by atoms with Gasteiger partial charge in [0.2, 0.25) is 0 Å². The fourth-order valence-electron chi connectivity index (χ4n) is 4.26. The summed E-state index contributed by atoms with van der Waals surface area (Å²) in [5, 5.41) is 15.8. The molecule has 0 radical (unpaired) electrons. The molecule has 2 aromatic heterocycles. The minimum Gasteiger partial charge on any atom is -0.392 e. The highest BCUT2D eigenvalue weighted by Crippen LogP contribution is 2.37. The molecule has 4 aromatic rings. The van der Waals surface area contributed by atoms with Crippen LogP contribution in [-0.2, 0) is 24.5 Å². The van der Waals surface area contributed by atoms with Crippen LogP contribution in [0.15, 0.2) is 52.1 Å². The maximum absolute atomic E-state index is 14.6. The molecular weight excluding hydrogens is 532 g/mol. The summed E-state index contributed by atoms with van der Waals surface area (Å²) in [6.45, 7) is 0.945. The van der Waals surface area contributed by atoms with Gasteiger partial charge in [-0.05, 0) is 49.4 Å². The van der Waals surface area contributed by atoms with Crippen molar-refractivity contribution in [2.75, 3.05) is 19.5 Å². The summed E-state index contributed by atoms with van der Waals surface area (Å²) in [6, 6.07) is 9.65. The van der Waals surface area contributed by atoms with Gasteiger partial charge in [0.25, 0.3) is 5.56 Å². The second-order valence-corrected chi connectivity index (χ2v) is 9.79. The molecular formula is C26H27F2N5O5S. The lowest BCUT2D eigenvalue weighted by Crippen LogP contribution is -2.42. The number of aromatic nitrogens is 2. The Bertz CT molecular complexity index is 1610. The van der Waals surface area contributed by atoms with E-state index in [2.05, 4.69) is 21.0 Å². The monoisotopic (exact) mass is 559 g/mol. The summed E-state index contributed by atoms with van der Waals surface area (Å²) in [6.07, 6.45) is -1.02. The van der Waals surface area contributed by atoms with Crippen LogP contribution in [0.25, 0.3) is 20.7 Å². The third-order valence-corrected chi connectivity index (χ3v) is 7.24. The van der Waals surface area contributed by atoms with E-state index in [9.17, 15) is 28.3 Å². The second-order valence-electron chi connectivity index (χ2n) is 8.79. The molecule has 0 bridgehead atoms. The van der Waals surface area contributed by atoms with Crippen molar-refractivity contribution in [2.45, 2.75) is 32.7 Å². The van der Waals surface area contributed by atoms with Crippen molar-refractivity contribution in [1.82, 2.24) is 19.9 Å². The zero-order valence-electron chi connectivity index (χ0n) is 21.4. The molecule has 2 heterocycles. The molecule has 2 aromatic carbocycles. The van der Waals surface area contributed by atoms with Gasteiger partial charge in [0.1, 0.15) is 16.5 Å². The summed E-state index contributed by atoms with van der Waals surface area (Å²) in [5.41, 5.74) is 2.19. The largest absolute Gasteiger partial charge is 0.392 e. The van der Waals surface area contributed by atoms with Crippen LogP contribution in [0.5, 0.6) is 0 Å². The van der Waals surface area contributed by atoms with Gasteiger partial charge in [-0.3, -0.25) is 18.8 Å². The van der Waals surface area contributed by atoms with Crippen LogP contribution in [0, 0.1) is 11.6 Å². The molecule has 0 fully saturated rings. The number of halogens is 2. The Hall–Kier alpha value is -3.91. The number of aliphatic hydroxyl groups is 1. The number of carbonyl (C=O) groups excluding carboxylic acids is 1. The molecule has 13 heteroatoms. The third-order valence-electron chi connectivity index (χ3n) is 5.93. The molecule has 2 amide bonds. The van der Waals surface area contributed by atoms with Crippen LogP contribution in [0.2, 0.25) is 0 Å². The predicted octanol–water partition coefficient (Wildman–Crippen LogP) is 3.00. The lowest BCUT2D eigenvalue weighted by Gasteiger charge is -2.14. The topological polar surface area (TPSA) is 127 Å². The van der Waals surface area contributed by atoms with Crippen molar-refractivity contribution in [3.8, 4) is 10.4 Å². The summed E-state index contributed by atoms with van der Waals surface area (Å²) in [7, 11) is 3.01. The molecule has 0 spiro atoms. The van der Waals surface area contributed by atoms with E-state index in [0.29, 0.717) is 21.7 Å². The number of hydrogen-bond acceptors (Lipinski definition) is 7. The fourth-order valence-corrected chi connectivity index (χ4v) is 5.57. The quantitative estimate of drug-likeness (QED) is 0.234. The van der Waals surface area contributed by atoms with Gasteiger partial charge < -0.3 is 15.7 Å². The molecule has 4 rings (SSSR count). The Labute approximate surface area is 225 Å². The van der Waals surface area contributed by atoms with E-state index in [-0.39, 0.29) is 28.9 Å². The summed E-state index contributed by atoms with van der Waals surface area (Å²) >= 11 is 1.14. The van der Waals surface area contributed by atoms with Crippen LogP contribution in [0.1, 0.15) is 18.1 Å². The van der Waals surface area contributed by atoms with Gasteiger partial charge in [0.05, 0.1) is 31.7 Å². The number of thiophene rings is 1. The molecule has 4 N–H and O–H groups in total. The van der Waals surface area contributed by atoms with Gasteiger partial charge in [0.15, 0.2) is 0 Å². The Morgan fingerprint density at radius 3 is 2.33 bits per heavy atom. The number of carbonyl (C=O) groups is 1. The number of nitrogens with zero attached hydrogens (tertiary/aromatic N) is 2. The fraction of sp³-hybridized carbons (Fsp3) is 0.269. The first-order valence-corrected chi connectivity index (χ1v) is 12.7. The van der Waals surface area contributed by atoms with E-state index in [1.807, 2.05) is 0 Å². The first kappa shape index (κ1) is 28.1. The van der Waals surface area contributed by atoms with E-state index < -0.39 is 41.6 Å². The lowest BCUT2D eigenvalue weighted by molar-refractivity contribution is 0.114. The van der Waals surface area contributed by atoms with Gasteiger partial charge in [-0.15, -0.1) is 11.3 Å². The number of benzene rings is 2. The number of aliphatic hydroxyl groups excluding tert-OH is 1. The summed E-state index contributed by atoms with van der Waals surface area (Å²) < 4.78 is 31.2. The SMILES string of the molecule is CNCc1c(-c2ccc(NC(=O)NOC)cc2)sc2c1c(=O)n(CC(C)O)c(=O)n2Cc1c(F)cccc1F. The normalized spacial score (nSPS) is 12.1. The number of nitrogens with one attached hydrogen (secondary N) is 3. The van der Waals surface area contributed by atoms with Crippen LogP contribution < -0.4 is 27.4 Å². The number of anilines is 1. The molecule has 206 valence electrons. The highest BCUT2D eigenvalue weighted by Gasteiger charge is 2.24. The minimum atomic E-state index is -1.02. The van der Waals surface area contributed by atoms with Crippen molar-refractivity contribution in [3.63, 3.8) is 0 Å². The molecule has 39 heavy (non-hydrogen) atoms. The van der Waals surface area contributed by atoms with E-state index in [1.54, 1.807) is 31.3 Å². The van der Waals surface area contributed by atoms with Crippen molar-refractivity contribution in [1.29, 1.82) is 0 Å². The summed E-state index contributed by atoms with van der Waals surface area (Å²) in [5.74, 6) is -1.65. The molecule has 1 atom stereocenters. The van der Waals surface area contributed by atoms with Gasteiger partial charge in [-0.2, -0.15) is 0 Å². The van der Waals surface area contributed by atoms with Crippen LogP contribution >= 0.6 is 11.3 Å². The molecule has 10 nitrogen and oxygen atoms in total.